The summed E-state index contributed by atoms with van der Waals surface area (Å²) >= 11 is 0. The summed E-state index contributed by atoms with van der Waals surface area (Å²) in [5, 5.41) is 8.93. The summed E-state index contributed by atoms with van der Waals surface area (Å²) in [4.78, 5) is 10.9. The maximum Gasteiger partial charge on any atom is 0.337 e. The van der Waals surface area contributed by atoms with Crippen molar-refractivity contribution in [2.45, 2.75) is 13.3 Å². The van der Waals surface area contributed by atoms with E-state index in [9.17, 15) is 13.2 Å². The lowest BCUT2D eigenvalue weighted by Gasteiger charge is -2.10. The summed E-state index contributed by atoms with van der Waals surface area (Å²) in [6, 6.07) is 3.99. The lowest BCUT2D eigenvalue weighted by atomic mass is 10.1. The molecular weight excluding hydrogens is 244 g/mol. The van der Waals surface area contributed by atoms with Crippen LogP contribution >= 0.6 is 0 Å². The molecule has 0 aliphatic carbocycles. The van der Waals surface area contributed by atoms with Crippen LogP contribution in [-0.2, 0) is 10.0 Å². The molecule has 0 aromatic heterocycles. The smallest absolute Gasteiger partial charge is 0.337 e. The molecule has 0 radical (unpaired) electrons. The number of rotatable bonds is 5. The molecule has 0 saturated heterocycles. The monoisotopic (exact) mass is 258 g/mol. The molecule has 0 aliphatic heterocycles. The molecule has 1 aromatic rings. The molecule has 4 N–H and O–H groups in total. The molecule has 6 nitrogen and oxygen atoms in total. The highest BCUT2D eigenvalue weighted by Crippen LogP contribution is 2.20. The van der Waals surface area contributed by atoms with Crippen molar-refractivity contribution in [3.8, 4) is 0 Å². The Kier molecular flexibility index (Phi) is 3.95. The fraction of sp³-hybridized carbons (Fsp3) is 0.300. The van der Waals surface area contributed by atoms with Crippen LogP contribution in [0.1, 0.15) is 23.7 Å². The minimum Gasteiger partial charge on any atom is -0.478 e. The van der Waals surface area contributed by atoms with Gasteiger partial charge in [-0.25, -0.2) is 13.2 Å². The molecule has 0 bridgehead atoms. The summed E-state index contributed by atoms with van der Waals surface area (Å²) in [6.07, 6.45) is 0.451. The number of hydrogen-bond acceptors (Lipinski definition) is 4. The van der Waals surface area contributed by atoms with Crippen LogP contribution in [0.3, 0.4) is 0 Å². The second kappa shape index (κ2) is 5.05. The van der Waals surface area contributed by atoms with Crippen LogP contribution in [0.15, 0.2) is 18.2 Å². The predicted octanol–water partition coefficient (Wildman–Crippen LogP) is 1.12. The molecule has 0 aliphatic rings. The number of carboxylic acid groups (broad SMARTS) is 1. The summed E-state index contributed by atoms with van der Waals surface area (Å²) in [5.41, 5.74) is 5.58. The Morgan fingerprint density at radius 1 is 1.47 bits per heavy atom. The van der Waals surface area contributed by atoms with Gasteiger partial charge in [0.15, 0.2) is 0 Å². The van der Waals surface area contributed by atoms with Gasteiger partial charge in [-0.1, -0.05) is 6.92 Å². The van der Waals surface area contributed by atoms with Crippen molar-refractivity contribution in [1.29, 1.82) is 0 Å². The van der Waals surface area contributed by atoms with Gasteiger partial charge in [-0.2, -0.15) is 0 Å². The van der Waals surface area contributed by atoms with E-state index >= 15 is 0 Å². The van der Waals surface area contributed by atoms with E-state index in [-0.39, 0.29) is 22.7 Å². The van der Waals surface area contributed by atoms with Crippen LogP contribution in [0.5, 0.6) is 0 Å². The van der Waals surface area contributed by atoms with E-state index in [2.05, 4.69) is 4.72 Å². The Hall–Kier alpha value is -1.76. The van der Waals surface area contributed by atoms with Gasteiger partial charge < -0.3 is 10.8 Å². The first-order valence-corrected chi connectivity index (χ1v) is 6.64. The first-order chi connectivity index (χ1) is 7.85. The number of nitrogens with one attached hydrogen (secondary N) is 1. The Labute approximate surface area is 99.5 Å². The van der Waals surface area contributed by atoms with Crippen molar-refractivity contribution in [2.75, 3.05) is 16.2 Å². The number of hydrogen-bond donors (Lipinski definition) is 3. The minimum atomic E-state index is -3.51. The Morgan fingerprint density at radius 2 is 2.12 bits per heavy atom. The van der Waals surface area contributed by atoms with Crippen LogP contribution in [0.4, 0.5) is 11.4 Å². The van der Waals surface area contributed by atoms with Crippen LogP contribution in [0.2, 0.25) is 0 Å². The molecule has 1 aromatic carbocycles. The van der Waals surface area contributed by atoms with Crippen LogP contribution in [0.25, 0.3) is 0 Å². The molecule has 1 rings (SSSR count). The third-order valence-corrected chi connectivity index (χ3v) is 3.49. The number of benzene rings is 1. The highest BCUT2D eigenvalue weighted by molar-refractivity contribution is 7.92. The standard InChI is InChI=1S/C10H14N2O4S/c1-2-5-17(15,16)12-9-4-3-7(11)6-8(9)10(13)14/h3-4,6,12H,2,5,11H2,1H3,(H,13,14). The lowest BCUT2D eigenvalue weighted by Crippen LogP contribution is -2.18. The topological polar surface area (TPSA) is 109 Å². The summed E-state index contributed by atoms with van der Waals surface area (Å²) in [5.74, 6) is -1.29. The second-order valence-corrected chi connectivity index (χ2v) is 5.37. The molecule has 94 valence electrons. The SMILES string of the molecule is CCCS(=O)(=O)Nc1ccc(N)cc1C(=O)O. The largest absolute Gasteiger partial charge is 0.478 e. The van der Waals surface area contributed by atoms with E-state index in [1.165, 1.54) is 18.2 Å². The van der Waals surface area contributed by atoms with Crippen molar-refractivity contribution < 1.29 is 18.3 Å². The van der Waals surface area contributed by atoms with Crippen molar-refractivity contribution in [3.63, 3.8) is 0 Å². The molecule has 0 amide bonds. The third-order valence-electron chi connectivity index (χ3n) is 2.01. The van der Waals surface area contributed by atoms with E-state index in [0.29, 0.717) is 6.42 Å². The van der Waals surface area contributed by atoms with Gasteiger partial charge in [-0.15, -0.1) is 0 Å². The zero-order valence-corrected chi connectivity index (χ0v) is 10.1. The number of carboxylic acids is 1. The zero-order valence-electron chi connectivity index (χ0n) is 9.30. The predicted molar refractivity (Wildman–Crippen MR) is 65.5 cm³/mol. The fourth-order valence-corrected chi connectivity index (χ4v) is 2.47. The second-order valence-electron chi connectivity index (χ2n) is 3.53. The van der Waals surface area contributed by atoms with Gasteiger partial charge in [-0.3, -0.25) is 4.72 Å². The van der Waals surface area contributed by atoms with Gasteiger partial charge >= 0.3 is 5.97 Å². The molecule has 0 fully saturated rings. The summed E-state index contributed by atoms with van der Waals surface area (Å²) < 4.78 is 25.3. The number of nitrogen functional groups attached to an aromatic ring is 1. The van der Waals surface area contributed by atoms with Crippen LogP contribution in [0, 0.1) is 0 Å². The number of anilines is 2. The number of aromatic carboxylic acids is 1. The first-order valence-electron chi connectivity index (χ1n) is 4.99. The van der Waals surface area contributed by atoms with Crippen LogP contribution in [-0.4, -0.2) is 25.2 Å². The maximum absolute atomic E-state index is 11.5. The van der Waals surface area contributed by atoms with E-state index in [1.807, 2.05) is 0 Å². The van der Waals surface area contributed by atoms with Crippen molar-refractivity contribution in [1.82, 2.24) is 0 Å². The lowest BCUT2D eigenvalue weighted by molar-refractivity contribution is 0.0698. The molecule has 7 heteroatoms. The molecule has 0 heterocycles. The molecular formula is C10H14N2O4S. The molecule has 17 heavy (non-hydrogen) atoms. The molecule has 0 spiro atoms. The van der Waals surface area contributed by atoms with Gasteiger partial charge in [0.25, 0.3) is 0 Å². The molecule has 0 saturated carbocycles. The minimum absolute atomic E-state index is 0.0279. The fourth-order valence-electron chi connectivity index (χ4n) is 1.32. The quantitative estimate of drug-likeness (QED) is 0.685. The van der Waals surface area contributed by atoms with E-state index in [1.54, 1.807) is 6.92 Å². The average molecular weight is 258 g/mol. The highest BCUT2D eigenvalue weighted by Gasteiger charge is 2.15. The van der Waals surface area contributed by atoms with Gasteiger partial charge in [0.2, 0.25) is 10.0 Å². The maximum atomic E-state index is 11.5. The van der Waals surface area contributed by atoms with Gasteiger partial charge in [-0.05, 0) is 24.6 Å². The number of nitrogens with two attached hydrogens (primary N) is 1. The zero-order chi connectivity index (χ0) is 13.1. The average Bonchev–Trinajstić information content (AvgIpc) is 2.20. The van der Waals surface area contributed by atoms with E-state index < -0.39 is 16.0 Å². The van der Waals surface area contributed by atoms with E-state index in [0.717, 1.165) is 0 Å². The van der Waals surface area contributed by atoms with Crippen molar-refractivity contribution >= 4 is 27.4 Å². The van der Waals surface area contributed by atoms with Crippen molar-refractivity contribution in [3.05, 3.63) is 23.8 Å². The Morgan fingerprint density at radius 3 is 2.65 bits per heavy atom. The first kappa shape index (κ1) is 13.3. The van der Waals surface area contributed by atoms with Gasteiger partial charge in [0.05, 0.1) is 17.0 Å². The van der Waals surface area contributed by atoms with Crippen molar-refractivity contribution in [2.24, 2.45) is 0 Å². The highest BCUT2D eigenvalue weighted by atomic mass is 32.2. The van der Waals surface area contributed by atoms with E-state index in [4.69, 9.17) is 10.8 Å². The summed E-state index contributed by atoms with van der Waals surface area (Å²) in [7, 11) is -3.51. The van der Waals surface area contributed by atoms with Gasteiger partial charge in [0, 0.05) is 5.69 Å². The van der Waals surface area contributed by atoms with Crippen LogP contribution < -0.4 is 10.5 Å². The Balaban J connectivity index is 3.11. The third kappa shape index (κ3) is 3.63. The Bertz CT molecular complexity index is 525. The van der Waals surface area contributed by atoms with Gasteiger partial charge in [0.1, 0.15) is 0 Å². The molecule has 0 unspecified atom stereocenters. The number of sulfonamides is 1. The summed E-state index contributed by atoms with van der Waals surface area (Å²) in [6.45, 7) is 1.72. The molecule has 0 atom stereocenters. The number of carbonyl (C=O) groups is 1. The normalized spacial score (nSPS) is 11.1.